The minimum absolute atomic E-state index is 0.0918. The van der Waals surface area contributed by atoms with Gasteiger partial charge in [0.2, 0.25) is 0 Å². The Hall–Kier alpha value is -3.50. The van der Waals surface area contributed by atoms with Crippen molar-refractivity contribution in [2.24, 2.45) is 16.8 Å². The maximum absolute atomic E-state index is 12.9. The minimum atomic E-state index is -0.939. The number of ether oxygens (including phenoxy) is 3. The monoisotopic (exact) mass is 552 g/mol. The number of benzene rings is 2. The van der Waals surface area contributed by atoms with Gasteiger partial charge < -0.3 is 25.3 Å². The van der Waals surface area contributed by atoms with Gasteiger partial charge in [0.25, 0.3) is 17.7 Å². The molecular weight excluding hydrogens is 523 g/mol. The fourth-order valence-electron chi connectivity index (χ4n) is 3.14. The van der Waals surface area contributed by atoms with Crippen LogP contribution >= 0.6 is 23.2 Å². The lowest BCUT2D eigenvalue weighted by Crippen LogP contribution is -2.49. The van der Waals surface area contributed by atoms with Crippen molar-refractivity contribution in [1.82, 2.24) is 10.7 Å². The number of hydrogen-bond acceptors (Lipinski definition) is 7. The van der Waals surface area contributed by atoms with Gasteiger partial charge in [0.05, 0.1) is 18.3 Å². The average Bonchev–Trinajstić information content (AvgIpc) is 2.83. The van der Waals surface area contributed by atoms with Crippen molar-refractivity contribution in [3.8, 4) is 17.2 Å². The van der Waals surface area contributed by atoms with Gasteiger partial charge in [-0.2, -0.15) is 5.10 Å². The predicted octanol–water partition coefficient (Wildman–Crippen LogP) is 3.31. The van der Waals surface area contributed by atoms with Crippen molar-refractivity contribution < 1.29 is 28.6 Å². The zero-order chi connectivity index (χ0) is 27.5. The summed E-state index contributed by atoms with van der Waals surface area (Å²) in [5.74, 6) is -0.726. The molecule has 12 heteroatoms. The number of para-hydroxylation sites is 1. The number of nitrogens with one attached hydrogen (secondary N) is 2. The van der Waals surface area contributed by atoms with Crippen molar-refractivity contribution in [3.63, 3.8) is 0 Å². The van der Waals surface area contributed by atoms with E-state index in [1.807, 2.05) is 13.8 Å². The second kappa shape index (κ2) is 14.3. The van der Waals surface area contributed by atoms with E-state index in [4.69, 9.17) is 43.1 Å². The summed E-state index contributed by atoms with van der Waals surface area (Å²) < 4.78 is 16.3. The van der Waals surface area contributed by atoms with Crippen LogP contribution in [-0.2, 0) is 14.4 Å². The fourth-order valence-corrected chi connectivity index (χ4v) is 3.60. The molecule has 4 N–H and O–H groups in total. The van der Waals surface area contributed by atoms with Crippen LogP contribution in [0.5, 0.6) is 17.2 Å². The molecule has 3 amide bonds. The van der Waals surface area contributed by atoms with E-state index >= 15 is 0 Å². The number of hydrogen-bond donors (Lipinski definition) is 3. The van der Waals surface area contributed by atoms with Crippen molar-refractivity contribution in [1.29, 1.82) is 0 Å². The molecule has 0 heterocycles. The summed E-state index contributed by atoms with van der Waals surface area (Å²) in [6, 6.07) is 8.75. The Kier molecular flexibility index (Phi) is 11.5. The highest BCUT2D eigenvalue weighted by Gasteiger charge is 2.25. The summed E-state index contributed by atoms with van der Waals surface area (Å²) in [4.78, 5) is 36.8. The maximum atomic E-state index is 12.9. The molecule has 0 spiro atoms. The van der Waals surface area contributed by atoms with Crippen LogP contribution in [0.1, 0.15) is 32.8 Å². The number of carbonyl (C=O) groups excluding carboxylic acids is 3. The SMILES string of the molecule is COc1cccc(/C=N\NC(=O)[C@@H](CC(C)C)NC(=O)[C@H](C)Oc2ccc(Cl)cc2Cl)c1OCC(N)=O. The zero-order valence-corrected chi connectivity index (χ0v) is 22.4. The molecule has 0 aliphatic carbocycles. The molecule has 10 nitrogen and oxygen atoms in total. The van der Waals surface area contributed by atoms with E-state index < -0.39 is 29.9 Å². The molecule has 2 atom stereocenters. The largest absolute Gasteiger partial charge is 0.493 e. The Morgan fingerprint density at radius 3 is 2.43 bits per heavy atom. The number of carbonyl (C=O) groups is 3. The van der Waals surface area contributed by atoms with Gasteiger partial charge in [-0.25, -0.2) is 5.43 Å². The Balaban J connectivity index is 2.09. The third-order valence-corrected chi connectivity index (χ3v) is 5.40. The van der Waals surface area contributed by atoms with E-state index in [9.17, 15) is 14.4 Å². The number of nitrogens with zero attached hydrogens (tertiary/aromatic N) is 1. The van der Waals surface area contributed by atoms with Gasteiger partial charge in [0.1, 0.15) is 11.8 Å². The smallest absolute Gasteiger partial charge is 0.262 e. The fraction of sp³-hybridized carbons (Fsp3) is 0.360. The molecule has 0 aliphatic rings. The third-order valence-electron chi connectivity index (χ3n) is 4.87. The van der Waals surface area contributed by atoms with Gasteiger partial charge >= 0.3 is 0 Å². The first-order valence-corrected chi connectivity index (χ1v) is 12.1. The van der Waals surface area contributed by atoms with Gasteiger partial charge in [-0.3, -0.25) is 14.4 Å². The van der Waals surface area contributed by atoms with Crippen LogP contribution in [0.4, 0.5) is 0 Å². The van der Waals surface area contributed by atoms with E-state index in [0.29, 0.717) is 22.8 Å². The van der Waals surface area contributed by atoms with E-state index in [0.717, 1.165) is 0 Å². The molecule has 0 saturated carbocycles. The first-order chi connectivity index (χ1) is 17.5. The minimum Gasteiger partial charge on any atom is -0.493 e. The lowest BCUT2D eigenvalue weighted by molar-refractivity contribution is -0.132. The van der Waals surface area contributed by atoms with Crippen LogP contribution in [-0.4, -0.2) is 49.8 Å². The Labute approximate surface area is 225 Å². The highest BCUT2D eigenvalue weighted by molar-refractivity contribution is 6.35. The van der Waals surface area contributed by atoms with Gasteiger partial charge in [-0.15, -0.1) is 0 Å². The maximum Gasteiger partial charge on any atom is 0.262 e. The Bertz CT molecular complexity index is 1140. The first kappa shape index (κ1) is 29.7. The normalized spacial score (nSPS) is 12.6. The van der Waals surface area contributed by atoms with Crippen LogP contribution in [0, 0.1) is 5.92 Å². The molecule has 2 rings (SSSR count). The summed E-state index contributed by atoms with van der Waals surface area (Å²) in [6.45, 7) is 5.01. The molecule has 0 aliphatic heterocycles. The van der Waals surface area contributed by atoms with E-state index in [1.54, 1.807) is 37.3 Å². The lowest BCUT2D eigenvalue weighted by Gasteiger charge is -2.22. The second-order valence-electron chi connectivity index (χ2n) is 8.39. The topological polar surface area (TPSA) is 141 Å². The molecule has 0 aromatic heterocycles. The number of amides is 3. The highest BCUT2D eigenvalue weighted by atomic mass is 35.5. The summed E-state index contributed by atoms with van der Waals surface area (Å²) in [6.07, 6.45) is 0.749. The van der Waals surface area contributed by atoms with Crippen LogP contribution in [0.3, 0.4) is 0 Å². The van der Waals surface area contributed by atoms with Crippen molar-refractivity contribution in [3.05, 3.63) is 52.0 Å². The van der Waals surface area contributed by atoms with Crippen LogP contribution in [0.15, 0.2) is 41.5 Å². The quantitative estimate of drug-likeness (QED) is 0.257. The van der Waals surface area contributed by atoms with Gasteiger partial charge in [-0.05, 0) is 49.6 Å². The van der Waals surface area contributed by atoms with Gasteiger partial charge in [0.15, 0.2) is 24.2 Å². The molecule has 0 saturated heterocycles. The highest BCUT2D eigenvalue weighted by Crippen LogP contribution is 2.30. The van der Waals surface area contributed by atoms with Crippen molar-refractivity contribution >= 4 is 47.1 Å². The predicted molar refractivity (Wildman–Crippen MR) is 141 cm³/mol. The van der Waals surface area contributed by atoms with Crippen molar-refractivity contribution in [2.45, 2.75) is 39.3 Å². The van der Waals surface area contributed by atoms with E-state index in [-0.39, 0.29) is 29.0 Å². The number of rotatable bonds is 13. The van der Waals surface area contributed by atoms with E-state index in [2.05, 4.69) is 15.8 Å². The molecule has 0 bridgehead atoms. The van der Waals surface area contributed by atoms with Crippen LogP contribution < -0.4 is 30.7 Å². The van der Waals surface area contributed by atoms with Crippen LogP contribution in [0.25, 0.3) is 0 Å². The second-order valence-corrected chi connectivity index (χ2v) is 9.24. The molecule has 200 valence electrons. The molecule has 0 fully saturated rings. The average molecular weight is 553 g/mol. The first-order valence-electron chi connectivity index (χ1n) is 11.3. The van der Waals surface area contributed by atoms with Crippen LogP contribution in [0.2, 0.25) is 10.0 Å². The zero-order valence-electron chi connectivity index (χ0n) is 20.9. The molecule has 0 radical (unpaired) electrons. The molecule has 2 aromatic carbocycles. The lowest BCUT2D eigenvalue weighted by atomic mass is 10.0. The summed E-state index contributed by atoms with van der Waals surface area (Å²) in [5, 5.41) is 7.37. The standard InChI is InChI=1S/C25H30Cl2N4O6/c1-14(2)10-19(30-24(33)15(3)37-20-9-8-17(26)11-18(20)27)25(34)31-29-12-16-6-5-7-21(35-4)23(16)36-13-22(28)32/h5-9,11-12,14-15,19H,10,13H2,1-4H3,(H2,28,32)(H,30,33)(H,31,34)/b29-12-/t15-,19+/m0/s1. The number of hydrazone groups is 1. The number of methoxy groups -OCH3 is 1. The summed E-state index contributed by atoms with van der Waals surface area (Å²) >= 11 is 12.0. The van der Waals surface area contributed by atoms with E-state index in [1.165, 1.54) is 19.4 Å². The number of halogens is 2. The molecule has 0 unspecified atom stereocenters. The Morgan fingerprint density at radius 2 is 1.81 bits per heavy atom. The molecular formula is C25H30Cl2N4O6. The molecule has 37 heavy (non-hydrogen) atoms. The Morgan fingerprint density at radius 1 is 1.08 bits per heavy atom. The number of primary amides is 1. The number of nitrogens with two attached hydrogens (primary N) is 1. The van der Waals surface area contributed by atoms with Gasteiger partial charge in [0, 0.05) is 10.6 Å². The van der Waals surface area contributed by atoms with Crippen molar-refractivity contribution in [2.75, 3.05) is 13.7 Å². The third kappa shape index (κ3) is 9.47. The summed E-state index contributed by atoms with van der Waals surface area (Å²) in [7, 11) is 1.44. The van der Waals surface area contributed by atoms with Gasteiger partial charge in [-0.1, -0.05) is 43.1 Å². The molecule has 2 aromatic rings. The summed E-state index contributed by atoms with van der Waals surface area (Å²) in [5.41, 5.74) is 8.03.